The van der Waals surface area contributed by atoms with Crippen molar-refractivity contribution in [1.82, 2.24) is 0 Å². The summed E-state index contributed by atoms with van der Waals surface area (Å²) in [7, 11) is -3.67. The first-order valence-corrected chi connectivity index (χ1v) is 8.10. The van der Waals surface area contributed by atoms with Crippen LogP contribution in [0.3, 0.4) is 0 Å². The SMILES string of the molecule is Cc1cccc(Cl)c1NS(=O)(=O)c1ccccc1Br. The molecule has 0 fully saturated rings. The summed E-state index contributed by atoms with van der Waals surface area (Å²) < 4.78 is 27.7. The van der Waals surface area contributed by atoms with Crippen LogP contribution >= 0.6 is 27.5 Å². The Morgan fingerprint density at radius 2 is 1.79 bits per heavy atom. The number of benzene rings is 2. The van der Waals surface area contributed by atoms with E-state index in [0.717, 1.165) is 5.56 Å². The van der Waals surface area contributed by atoms with E-state index in [2.05, 4.69) is 20.7 Å². The third-order valence-corrected chi connectivity index (χ3v) is 5.26. The highest BCUT2D eigenvalue weighted by atomic mass is 79.9. The molecule has 0 atom stereocenters. The second-order valence-corrected chi connectivity index (χ2v) is 6.88. The molecule has 0 aromatic heterocycles. The highest BCUT2D eigenvalue weighted by Crippen LogP contribution is 2.29. The van der Waals surface area contributed by atoms with E-state index in [1.165, 1.54) is 6.07 Å². The van der Waals surface area contributed by atoms with Crippen LogP contribution in [0, 0.1) is 6.92 Å². The topological polar surface area (TPSA) is 46.2 Å². The lowest BCUT2D eigenvalue weighted by Crippen LogP contribution is -2.14. The predicted molar refractivity (Wildman–Crippen MR) is 81.1 cm³/mol. The van der Waals surface area contributed by atoms with Gasteiger partial charge in [0.1, 0.15) is 4.90 Å². The van der Waals surface area contributed by atoms with Crippen LogP contribution < -0.4 is 4.72 Å². The van der Waals surface area contributed by atoms with Crippen molar-refractivity contribution < 1.29 is 8.42 Å². The Labute approximate surface area is 125 Å². The third kappa shape index (κ3) is 3.11. The summed E-state index contributed by atoms with van der Waals surface area (Å²) in [5.74, 6) is 0. The van der Waals surface area contributed by atoms with Crippen molar-refractivity contribution in [2.45, 2.75) is 11.8 Å². The molecule has 0 saturated carbocycles. The van der Waals surface area contributed by atoms with Crippen LogP contribution in [0.4, 0.5) is 5.69 Å². The van der Waals surface area contributed by atoms with Gasteiger partial charge in [0.2, 0.25) is 0 Å². The number of anilines is 1. The van der Waals surface area contributed by atoms with Gasteiger partial charge in [-0.05, 0) is 46.6 Å². The van der Waals surface area contributed by atoms with Crippen molar-refractivity contribution in [3.8, 4) is 0 Å². The Hall–Kier alpha value is -1.04. The zero-order valence-electron chi connectivity index (χ0n) is 10.0. The van der Waals surface area contributed by atoms with E-state index in [4.69, 9.17) is 11.6 Å². The van der Waals surface area contributed by atoms with Crippen molar-refractivity contribution in [3.05, 3.63) is 57.5 Å². The van der Waals surface area contributed by atoms with Gasteiger partial charge >= 0.3 is 0 Å². The van der Waals surface area contributed by atoms with Gasteiger partial charge in [-0.3, -0.25) is 4.72 Å². The smallest absolute Gasteiger partial charge is 0.263 e. The lowest BCUT2D eigenvalue weighted by molar-refractivity contribution is 0.600. The molecule has 0 radical (unpaired) electrons. The quantitative estimate of drug-likeness (QED) is 0.891. The molecular weight excluding hydrogens is 350 g/mol. The lowest BCUT2D eigenvalue weighted by atomic mass is 10.2. The normalized spacial score (nSPS) is 11.3. The summed E-state index contributed by atoms with van der Waals surface area (Å²) in [6, 6.07) is 11.8. The number of sulfonamides is 1. The first kappa shape index (κ1) is 14.4. The molecule has 0 amide bonds. The standard InChI is InChI=1S/C13H11BrClNO2S/c1-9-5-4-7-11(15)13(9)16-19(17,18)12-8-3-2-6-10(12)14/h2-8,16H,1H3. The van der Waals surface area contributed by atoms with Gasteiger partial charge in [0.05, 0.1) is 10.7 Å². The fraction of sp³-hybridized carbons (Fsp3) is 0.0769. The van der Waals surface area contributed by atoms with Gasteiger partial charge in [0.25, 0.3) is 10.0 Å². The molecule has 0 aliphatic rings. The molecule has 0 unspecified atom stereocenters. The Balaban J connectivity index is 2.46. The van der Waals surface area contributed by atoms with Crippen molar-refractivity contribution >= 4 is 43.2 Å². The number of rotatable bonds is 3. The molecule has 0 aliphatic heterocycles. The van der Waals surface area contributed by atoms with E-state index in [1.54, 1.807) is 43.3 Å². The van der Waals surface area contributed by atoms with Gasteiger partial charge in [-0.2, -0.15) is 0 Å². The van der Waals surface area contributed by atoms with E-state index in [0.29, 0.717) is 15.2 Å². The van der Waals surface area contributed by atoms with Crippen molar-refractivity contribution in [2.24, 2.45) is 0 Å². The number of halogens is 2. The summed E-state index contributed by atoms with van der Waals surface area (Å²) in [5.41, 5.74) is 1.17. The van der Waals surface area contributed by atoms with E-state index in [-0.39, 0.29) is 4.90 Å². The molecule has 6 heteroatoms. The summed E-state index contributed by atoms with van der Waals surface area (Å²) in [6.07, 6.45) is 0. The minimum Gasteiger partial charge on any atom is -0.278 e. The molecule has 0 aliphatic carbocycles. The van der Waals surface area contributed by atoms with Gasteiger partial charge in [-0.15, -0.1) is 0 Å². The first-order chi connectivity index (χ1) is 8.92. The third-order valence-electron chi connectivity index (χ3n) is 2.58. The van der Waals surface area contributed by atoms with Gasteiger partial charge in [0, 0.05) is 4.47 Å². The first-order valence-electron chi connectivity index (χ1n) is 5.44. The minimum absolute atomic E-state index is 0.175. The van der Waals surface area contributed by atoms with Gasteiger partial charge < -0.3 is 0 Å². The molecule has 100 valence electrons. The van der Waals surface area contributed by atoms with E-state index in [9.17, 15) is 8.42 Å². The van der Waals surface area contributed by atoms with Crippen LogP contribution in [0.15, 0.2) is 51.8 Å². The van der Waals surface area contributed by atoms with Crippen molar-refractivity contribution in [2.75, 3.05) is 4.72 Å². The number of hydrogen-bond acceptors (Lipinski definition) is 2. The highest BCUT2D eigenvalue weighted by Gasteiger charge is 2.19. The Morgan fingerprint density at radius 3 is 2.42 bits per heavy atom. The Bertz CT molecular complexity index is 696. The molecular formula is C13H11BrClNO2S. The van der Waals surface area contributed by atoms with Crippen molar-refractivity contribution in [3.63, 3.8) is 0 Å². The Kier molecular flexibility index (Phi) is 4.18. The van der Waals surface area contributed by atoms with Crippen LogP contribution in [0.1, 0.15) is 5.56 Å². The van der Waals surface area contributed by atoms with Crippen LogP contribution in [-0.2, 0) is 10.0 Å². The van der Waals surface area contributed by atoms with E-state index < -0.39 is 10.0 Å². The van der Waals surface area contributed by atoms with Gasteiger partial charge in [-0.25, -0.2) is 8.42 Å². The van der Waals surface area contributed by atoms with Crippen LogP contribution in [0.2, 0.25) is 5.02 Å². The fourth-order valence-corrected chi connectivity index (χ4v) is 4.09. The molecule has 2 aromatic carbocycles. The Morgan fingerprint density at radius 1 is 1.11 bits per heavy atom. The average molecular weight is 361 g/mol. The molecule has 0 saturated heterocycles. The number of hydrogen-bond donors (Lipinski definition) is 1. The minimum atomic E-state index is -3.67. The van der Waals surface area contributed by atoms with Crippen molar-refractivity contribution in [1.29, 1.82) is 0 Å². The fourth-order valence-electron chi connectivity index (χ4n) is 1.61. The molecule has 19 heavy (non-hydrogen) atoms. The van der Waals surface area contributed by atoms with Gasteiger partial charge in [0.15, 0.2) is 0 Å². The van der Waals surface area contributed by atoms with Gasteiger partial charge in [-0.1, -0.05) is 35.9 Å². The van der Waals surface area contributed by atoms with Crippen LogP contribution in [0.5, 0.6) is 0 Å². The molecule has 2 aromatic rings. The summed E-state index contributed by atoms with van der Waals surface area (Å²) in [6.45, 7) is 1.80. The highest BCUT2D eigenvalue weighted by molar-refractivity contribution is 9.10. The summed E-state index contributed by atoms with van der Waals surface area (Å²) in [4.78, 5) is 0.175. The second-order valence-electron chi connectivity index (χ2n) is 3.97. The number of aryl methyl sites for hydroxylation is 1. The molecule has 0 bridgehead atoms. The monoisotopic (exact) mass is 359 g/mol. The zero-order chi connectivity index (χ0) is 14.0. The molecule has 3 nitrogen and oxygen atoms in total. The van der Waals surface area contributed by atoms with E-state index in [1.807, 2.05) is 0 Å². The largest absolute Gasteiger partial charge is 0.278 e. The van der Waals surface area contributed by atoms with Crippen LogP contribution in [0.25, 0.3) is 0 Å². The lowest BCUT2D eigenvalue weighted by Gasteiger charge is -2.13. The molecule has 0 heterocycles. The summed E-state index contributed by atoms with van der Waals surface area (Å²) >= 11 is 9.25. The maximum atomic E-state index is 12.3. The second kappa shape index (κ2) is 5.53. The number of nitrogens with one attached hydrogen (secondary N) is 1. The maximum Gasteiger partial charge on any atom is 0.263 e. The molecule has 0 spiro atoms. The van der Waals surface area contributed by atoms with Crippen LogP contribution in [-0.4, -0.2) is 8.42 Å². The molecule has 2 rings (SSSR count). The zero-order valence-corrected chi connectivity index (χ0v) is 13.2. The maximum absolute atomic E-state index is 12.3. The predicted octanol–water partition coefficient (Wildman–Crippen LogP) is 4.21. The number of para-hydroxylation sites is 1. The summed E-state index contributed by atoms with van der Waals surface area (Å²) in [5, 5.41) is 0.371. The van der Waals surface area contributed by atoms with E-state index >= 15 is 0 Å². The molecule has 1 N–H and O–H groups in total. The average Bonchev–Trinajstić information content (AvgIpc) is 2.34.